The summed E-state index contributed by atoms with van der Waals surface area (Å²) in [6, 6.07) is 14.7. The van der Waals surface area contributed by atoms with Crippen molar-refractivity contribution in [2.45, 2.75) is 24.7 Å². The number of aromatic amines is 1. The van der Waals surface area contributed by atoms with Crippen molar-refractivity contribution in [3.8, 4) is 0 Å². The van der Waals surface area contributed by atoms with E-state index >= 15 is 0 Å². The fraction of sp³-hybridized carbons (Fsp3) is 0.136. The van der Waals surface area contributed by atoms with E-state index in [1.54, 1.807) is 24.4 Å². The fourth-order valence-corrected chi connectivity index (χ4v) is 3.89. The van der Waals surface area contributed by atoms with E-state index < -0.39 is 0 Å². The zero-order valence-electron chi connectivity index (χ0n) is 15.6. The van der Waals surface area contributed by atoms with Crippen LogP contribution < -0.4 is 5.32 Å². The lowest BCUT2D eigenvalue weighted by Crippen LogP contribution is -2.11. The van der Waals surface area contributed by atoms with Crippen LogP contribution in [0.5, 0.6) is 0 Å². The van der Waals surface area contributed by atoms with E-state index in [2.05, 4.69) is 16.4 Å². The van der Waals surface area contributed by atoms with Gasteiger partial charge < -0.3 is 10.3 Å². The van der Waals surface area contributed by atoms with Crippen molar-refractivity contribution in [3.63, 3.8) is 0 Å². The van der Waals surface area contributed by atoms with Gasteiger partial charge in [0.05, 0.1) is 5.56 Å². The van der Waals surface area contributed by atoms with Crippen LogP contribution in [0.2, 0.25) is 0 Å². The second kappa shape index (κ2) is 7.56. The number of carbonyl (C=O) groups is 1. The Morgan fingerprint density at radius 3 is 2.79 bits per heavy atom. The number of carbonyl (C=O) groups excluding carboxylic acids is 1. The van der Waals surface area contributed by atoms with Gasteiger partial charge in [0.15, 0.2) is 0 Å². The lowest BCUT2D eigenvalue weighted by Gasteiger charge is -2.09. The first kappa shape index (κ1) is 18.4. The molecule has 0 fully saturated rings. The minimum atomic E-state index is -0.305. The molecule has 0 saturated heterocycles. The highest BCUT2D eigenvalue weighted by Crippen LogP contribution is 2.26. The fourth-order valence-electron chi connectivity index (χ4n) is 3.05. The van der Waals surface area contributed by atoms with Gasteiger partial charge in [0, 0.05) is 40.1 Å². The van der Waals surface area contributed by atoms with Crippen molar-refractivity contribution in [1.82, 2.24) is 8.96 Å². The Hall–Kier alpha value is -2.99. The smallest absolute Gasteiger partial charge is 0.257 e. The molecule has 0 saturated carbocycles. The van der Waals surface area contributed by atoms with Gasteiger partial charge in [0.1, 0.15) is 5.82 Å². The largest absolute Gasteiger partial charge is 0.361 e. The Morgan fingerprint density at radius 1 is 1.14 bits per heavy atom. The predicted molar refractivity (Wildman–Crippen MR) is 112 cm³/mol. The highest BCUT2D eigenvalue weighted by molar-refractivity contribution is 7.97. The van der Waals surface area contributed by atoms with Crippen LogP contribution in [-0.2, 0) is 0 Å². The van der Waals surface area contributed by atoms with Gasteiger partial charge in [0.25, 0.3) is 5.91 Å². The Morgan fingerprint density at radius 2 is 2.00 bits per heavy atom. The minimum absolute atomic E-state index is 0.0984. The lowest BCUT2D eigenvalue weighted by atomic mass is 10.0. The third kappa shape index (κ3) is 3.82. The second-order valence-corrected chi connectivity index (χ2v) is 8.00. The van der Waals surface area contributed by atoms with Gasteiger partial charge in [-0.3, -0.25) is 8.77 Å². The average Bonchev–Trinajstić information content (AvgIpc) is 3.30. The first-order valence-corrected chi connectivity index (χ1v) is 9.81. The number of anilines is 1. The first-order chi connectivity index (χ1) is 13.5. The summed E-state index contributed by atoms with van der Waals surface area (Å²) < 4.78 is 16.0. The van der Waals surface area contributed by atoms with E-state index in [9.17, 15) is 9.18 Å². The molecule has 0 aliphatic rings. The molecule has 2 N–H and O–H groups in total. The van der Waals surface area contributed by atoms with Gasteiger partial charge in [-0.2, -0.15) is 0 Å². The van der Waals surface area contributed by atoms with Crippen LogP contribution in [-0.4, -0.2) is 14.9 Å². The van der Waals surface area contributed by atoms with Crippen LogP contribution >= 0.6 is 11.9 Å². The van der Waals surface area contributed by atoms with Crippen molar-refractivity contribution >= 4 is 34.4 Å². The molecule has 0 spiro atoms. The average molecular weight is 393 g/mol. The van der Waals surface area contributed by atoms with E-state index in [4.69, 9.17) is 0 Å². The van der Waals surface area contributed by atoms with Crippen molar-refractivity contribution < 1.29 is 9.18 Å². The van der Waals surface area contributed by atoms with Crippen LogP contribution in [0.25, 0.3) is 10.9 Å². The van der Waals surface area contributed by atoms with Gasteiger partial charge in [-0.1, -0.05) is 19.9 Å². The normalized spacial score (nSPS) is 11.3. The molecule has 4 aromatic rings. The molecule has 2 aromatic heterocycles. The topological polar surface area (TPSA) is 49.8 Å². The molecule has 0 aliphatic carbocycles. The van der Waals surface area contributed by atoms with E-state index in [0.29, 0.717) is 16.8 Å². The highest BCUT2D eigenvalue weighted by Gasteiger charge is 2.12. The predicted octanol–water partition coefficient (Wildman–Crippen LogP) is 6.04. The van der Waals surface area contributed by atoms with E-state index in [0.717, 1.165) is 15.8 Å². The Kier molecular flexibility index (Phi) is 4.96. The number of hydrogen-bond acceptors (Lipinski definition) is 2. The minimum Gasteiger partial charge on any atom is -0.361 e. The quantitative estimate of drug-likeness (QED) is 0.434. The summed E-state index contributed by atoms with van der Waals surface area (Å²) >= 11 is 1.52. The summed E-state index contributed by atoms with van der Waals surface area (Å²) in [5.41, 5.74) is 2.70. The molecule has 4 nitrogen and oxygen atoms in total. The molecule has 2 heterocycles. The molecular formula is C22H20FN3OS. The number of hydrogen-bond donors (Lipinski definition) is 2. The van der Waals surface area contributed by atoms with Gasteiger partial charge in [-0.15, -0.1) is 0 Å². The van der Waals surface area contributed by atoms with Crippen LogP contribution in [0.15, 0.2) is 72.0 Å². The molecule has 6 heteroatoms. The number of amides is 1. The Balaban J connectivity index is 1.46. The molecule has 1 amide bonds. The van der Waals surface area contributed by atoms with E-state index in [1.807, 2.05) is 48.4 Å². The third-order valence-corrected chi connectivity index (χ3v) is 5.45. The van der Waals surface area contributed by atoms with Gasteiger partial charge >= 0.3 is 0 Å². The number of nitrogens with one attached hydrogen (secondary N) is 2. The molecule has 0 unspecified atom stereocenters. The maximum Gasteiger partial charge on any atom is 0.257 e. The number of fused-ring (bicyclic) bond motifs is 1. The highest BCUT2D eigenvalue weighted by atomic mass is 32.2. The zero-order valence-corrected chi connectivity index (χ0v) is 16.4. The van der Waals surface area contributed by atoms with Gasteiger partial charge in [0.2, 0.25) is 0 Å². The molecular weight excluding hydrogens is 373 g/mol. The molecule has 0 radical (unpaired) electrons. The monoisotopic (exact) mass is 393 g/mol. The second-order valence-electron chi connectivity index (χ2n) is 6.92. The number of benzene rings is 2. The number of aromatic nitrogens is 2. The van der Waals surface area contributed by atoms with Crippen LogP contribution in [0.4, 0.5) is 10.1 Å². The summed E-state index contributed by atoms with van der Waals surface area (Å²) in [6.45, 7) is 3.87. The molecule has 2 aromatic carbocycles. The molecule has 0 bridgehead atoms. The third-order valence-electron chi connectivity index (χ3n) is 4.55. The van der Waals surface area contributed by atoms with Crippen LogP contribution in [0, 0.1) is 5.82 Å². The zero-order chi connectivity index (χ0) is 19.7. The molecule has 0 aliphatic heterocycles. The summed E-state index contributed by atoms with van der Waals surface area (Å²) in [4.78, 5) is 16.7. The van der Waals surface area contributed by atoms with Crippen molar-refractivity contribution in [1.29, 1.82) is 0 Å². The van der Waals surface area contributed by atoms with Crippen molar-refractivity contribution in [2.75, 3.05) is 5.32 Å². The van der Waals surface area contributed by atoms with E-state index in [1.165, 1.54) is 18.0 Å². The SMILES string of the molecule is CC(C)c1ccc(NC(=O)c2ccn(Sc3ccc4[nH]ccc4c3)c2)cc1F. The number of halogens is 1. The molecule has 4 rings (SSSR count). The van der Waals surface area contributed by atoms with Gasteiger partial charge in [-0.25, -0.2) is 4.39 Å². The number of H-pyrrole nitrogens is 1. The lowest BCUT2D eigenvalue weighted by molar-refractivity contribution is 0.102. The summed E-state index contributed by atoms with van der Waals surface area (Å²) in [5.74, 6) is -0.473. The molecule has 0 atom stereocenters. The maximum atomic E-state index is 14.1. The van der Waals surface area contributed by atoms with Crippen LogP contribution in [0.1, 0.15) is 35.7 Å². The van der Waals surface area contributed by atoms with Crippen molar-refractivity contribution in [3.05, 3.63) is 84.1 Å². The molecule has 28 heavy (non-hydrogen) atoms. The summed E-state index contributed by atoms with van der Waals surface area (Å²) in [5, 5.41) is 3.90. The summed E-state index contributed by atoms with van der Waals surface area (Å²) in [7, 11) is 0. The van der Waals surface area contributed by atoms with Crippen LogP contribution in [0.3, 0.4) is 0 Å². The van der Waals surface area contributed by atoms with Gasteiger partial charge in [-0.05, 0) is 65.9 Å². The Bertz CT molecular complexity index is 1150. The summed E-state index contributed by atoms with van der Waals surface area (Å²) in [6.07, 6.45) is 5.51. The molecule has 142 valence electrons. The standard InChI is InChI=1S/C22H20FN3OS/c1-14(2)19-5-3-17(12-20(19)23)25-22(27)16-8-10-26(13-16)28-18-4-6-21-15(11-18)7-9-24-21/h3-14,24H,1-2H3,(H,25,27). The maximum absolute atomic E-state index is 14.1. The number of nitrogens with zero attached hydrogens (tertiary/aromatic N) is 1. The van der Waals surface area contributed by atoms with Crippen molar-refractivity contribution in [2.24, 2.45) is 0 Å². The first-order valence-electron chi connectivity index (χ1n) is 9.04. The Labute approximate surface area is 166 Å². The van der Waals surface area contributed by atoms with E-state index in [-0.39, 0.29) is 17.6 Å². The number of rotatable bonds is 5.